The molecular formula is C25H28N4O3S. The van der Waals surface area contributed by atoms with Crippen LogP contribution in [0.1, 0.15) is 18.4 Å². The summed E-state index contributed by atoms with van der Waals surface area (Å²) in [5, 5.41) is 3.12. The predicted octanol–water partition coefficient (Wildman–Crippen LogP) is 3.76. The lowest BCUT2D eigenvalue weighted by molar-refractivity contribution is -0.120. The van der Waals surface area contributed by atoms with Crippen LogP contribution in [-0.2, 0) is 28.3 Å². The molecule has 3 aromatic rings. The summed E-state index contributed by atoms with van der Waals surface area (Å²) >= 11 is 0. The van der Waals surface area contributed by atoms with Crippen LogP contribution in [0.3, 0.4) is 0 Å². The summed E-state index contributed by atoms with van der Waals surface area (Å²) in [7, 11) is -1.72. The minimum Gasteiger partial charge on any atom is -0.356 e. The first kappa shape index (κ1) is 21.7. The predicted molar refractivity (Wildman–Crippen MR) is 129 cm³/mol. The lowest BCUT2D eigenvalue weighted by atomic mass is 9.97. The van der Waals surface area contributed by atoms with Gasteiger partial charge in [-0.15, -0.1) is 0 Å². The number of sulfonamides is 1. The number of amides is 1. The van der Waals surface area contributed by atoms with E-state index in [1.165, 1.54) is 15.6 Å². The molecule has 0 aliphatic carbocycles. The van der Waals surface area contributed by atoms with Gasteiger partial charge in [-0.2, -0.15) is 4.31 Å². The van der Waals surface area contributed by atoms with Crippen molar-refractivity contribution in [3.63, 3.8) is 0 Å². The highest BCUT2D eigenvalue weighted by atomic mass is 32.2. The average molecular weight is 465 g/mol. The van der Waals surface area contributed by atoms with Crippen molar-refractivity contribution in [1.29, 1.82) is 0 Å². The van der Waals surface area contributed by atoms with Gasteiger partial charge in [0.1, 0.15) is 0 Å². The molecule has 172 valence electrons. The topological polar surface area (TPSA) is 74.6 Å². The summed E-state index contributed by atoms with van der Waals surface area (Å²) in [4.78, 5) is 15.7. The van der Waals surface area contributed by atoms with Crippen molar-refractivity contribution in [2.45, 2.75) is 24.2 Å². The van der Waals surface area contributed by atoms with E-state index in [1.807, 2.05) is 30.3 Å². The second kappa shape index (κ2) is 8.68. The molecule has 1 aromatic heterocycles. The quantitative estimate of drug-likeness (QED) is 0.624. The first-order valence-corrected chi connectivity index (χ1v) is 12.7. The Kier molecular flexibility index (Phi) is 5.72. The summed E-state index contributed by atoms with van der Waals surface area (Å²) in [5.41, 5.74) is 4.27. The van der Waals surface area contributed by atoms with Gasteiger partial charge in [0.25, 0.3) is 0 Å². The van der Waals surface area contributed by atoms with Crippen LogP contribution in [0.15, 0.2) is 71.9 Å². The highest BCUT2D eigenvalue weighted by Gasteiger charge is 2.33. The van der Waals surface area contributed by atoms with E-state index >= 15 is 0 Å². The number of nitrogens with one attached hydrogen (secondary N) is 1. The number of fused-ring (bicyclic) bond motifs is 1. The van der Waals surface area contributed by atoms with Crippen LogP contribution in [0.2, 0.25) is 0 Å². The standard InChI is InChI=1S/C25H28N4O3S/c1-27-14-13-21(18-27)33(31,32)28-15-10-20(11-16-28)25(30)26-22-7-3-5-9-24(22)29-17-12-19-6-2-4-8-23(19)29/h2-9,13-14,18,20H,10-12,15-17H2,1H3,(H,26,30). The number of carbonyl (C=O) groups excluding carboxylic acids is 1. The molecule has 2 aliphatic rings. The normalized spacial score (nSPS) is 17.2. The fourth-order valence-electron chi connectivity index (χ4n) is 4.78. The third kappa shape index (κ3) is 4.16. The zero-order valence-corrected chi connectivity index (χ0v) is 19.5. The summed E-state index contributed by atoms with van der Waals surface area (Å²) in [6.07, 6.45) is 5.33. The fraction of sp³-hybridized carbons (Fsp3) is 0.320. The second-order valence-corrected chi connectivity index (χ2v) is 10.7. The Balaban J connectivity index is 1.27. The minimum atomic E-state index is -3.52. The molecule has 0 radical (unpaired) electrons. The van der Waals surface area contributed by atoms with Gasteiger partial charge in [0.15, 0.2) is 0 Å². The van der Waals surface area contributed by atoms with Crippen LogP contribution >= 0.6 is 0 Å². The van der Waals surface area contributed by atoms with Crippen LogP contribution in [-0.4, -0.2) is 42.8 Å². The molecule has 5 rings (SSSR count). The van der Waals surface area contributed by atoms with E-state index in [0.717, 1.165) is 24.3 Å². The minimum absolute atomic E-state index is 0.0494. The van der Waals surface area contributed by atoms with Crippen molar-refractivity contribution in [1.82, 2.24) is 8.87 Å². The first-order chi connectivity index (χ1) is 15.9. The van der Waals surface area contributed by atoms with Gasteiger partial charge >= 0.3 is 0 Å². The van der Waals surface area contributed by atoms with Crippen molar-refractivity contribution >= 4 is 33.0 Å². The number of nitrogens with zero attached hydrogens (tertiary/aromatic N) is 3. The molecule has 3 heterocycles. The Labute approximate surface area is 194 Å². The van der Waals surface area contributed by atoms with Gasteiger partial charge in [-0.05, 0) is 49.1 Å². The van der Waals surface area contributed by atoms with Gasteiger partial charge in [0.2, 0.25) is 15.9 Å². The molecule has 8 heteroatoms. The molecular weight excluding hydrogens is 436 g/mol. The van der Waals surface area contributed by atoms with Crippen LogP contribution in [0.4, 0.5) is 17.1 Å². The summed E-state index contributed by atoms with van der Waals surface area (Å²) in [6.45, 7) is 1.56. The van der Waals surface area contributed by atoms with Crippen molar-refractivity contribution in [2.24, 2.45) is 13.0 Å². The molecule has 33 heavy (non-hydrogen) atoms. The number of hydrogen-bond acceptors (Lipinski definition) is 4. The van der Waals surface area contributed by atoms with Gasteiger partial charge in [-0.3, -0.25) is 4.79 Å². The molecule has 0 atom stereocenters. The summed E-state index contributed by atoms with van der Waals surface area (Å²) in [6, 6.07) is 17.8. The van der Waals surface area contributed by atoms with Crippen LogP contribution < -0.4 is 10.2 Å². The van der Waals surface area contributed by atoms with E-state index in [9.17, 15) is 13.2 Å². The molecule has 1 amide bonds. The highest BCUT2D eigenvalue weighted by Crippen LogP contribution is 2.38. The van der Waals surface area contributed by atoms with Crippen molar-refractivity contribution in [3.05, 3.63) is 72.6 Å². The van der Waals surface area contributed by atoms with Crippen molar-refractivity contribution in [2.75, 3.05) is 29.9 Å². The number of benzene rings is 2. The number of carbonyl (C=O) groups is 1. The maximum absolute atomic E-state index is 13.1. The molecule has 1 saturated heterocycles. The Morgan fingerprint density at radius 3 is 2.36 bits per heavy atom. The van der Waals surface area contributed by atoms with E-state index in [1.54, 1.807) is 30.1 Å². The molecule has 2 aromatic carbocycles. The maximum Gasteiger partial charge on any atom is 0.244 e. The fourth-order valence-corrected chi connectivity index (χ4v) is 6.30. The molecule has 1 fully saturated rings. The SMILES string of the molecule is Cn1ccc(S(=O)(=O)N2CCC(C(=O)Nc3ccccc3N3CCc4ccccc43)CC2)c1. The molecule has 7 nitrogen and oxygen atoms in total. The zero-order valence-electron chi connectivity index (χ0n) is 18.6. The lowest BCUT2D eigenvalue weighted by Crippen LogP contribution is -2.41. The number of aryl methyl sites for hydroxylation is 1. The molecule has 0 bridgehead atoms. The zero-order chi connectivity index (χ0) is 23.0. The number of para-hydroxylation sites is 3. The smallest absolute Gasteiger partial charge is 0.244 e. The van der Waals surface area contributed by atoms with Gasteiger partial charge in [0, 0.05) is 50.7 Å². The van der Waals surface area contributed by atoms with Crippen LogP contribution in [0, 0.1) is 5.92 Å². The van der Waals surface area contributed by atoms with E-state index in [4.69, 9.17) is 0 Å². The number of anilines is 3. The summed E-state index contributed by atoms with van der Waals surface area (Å²) < 4.78 is 28.9. The highest BCUT2D eigenvalue weighted by molar-refractivity contribution is 7.89. The van der Waals surface area contributed by atoms with Gasteiger partial charge < -0.3 is 14.8 Å². The molecule has 0 spiro atoms. The van der Waals surface area contributed by atoms with E-state index in [2.05, 4.69) is 28.4 Å². The summed E-state index contributed by atoms with van der Waals surface area (Å²) in [5.74, 6) is -0.266. The second-order valence-electron chi connectivity index (χ2n) is 8.73. The Bertz CT molecular complexity index is 1280. The molecule has 2 aliphatic heterocycles. The molecule has 0 unspecified atom stereocenters. The first-order valence-electron chi connectivity index (χ1n) is 11.3. The number of piperidine rings is 1. The van der Waals surface area contributed by atoms with E-state index in [0.29, 0.717) is 30.8 Å². The van der Waals surface area contributed by atoms with E-state index < -0.39 is 10.0 Å². The van der Waals surface area contributed by atoms with E-state index in [-0.39, 0.29) is 11.8 Å². The van der Waals surface area contributed by atoms with Crippen LogP contribution in [0.5, 0.6) is 0 Å². The van der Waals surface area contributed by atoms with Gasteiger partial charge in [-0.1, -0.05) is 30.3 Å². The maximum atomic E-state index is 13.1. The molecule has 1 N–H and O–H groups in total. The van der Waals surface area contributed by atoms with Crippen molar-refractivity contribution < 1.29 is 13.2 Å². The third-order valence-electron chi connectivity index (χ3n) is 6.61. The van der Waals surface area contributed by atoms with Crippen LogP contribution in [0.25, 0.3) is 0 Å². The monoisotopic (exact) mass is 464 g/mol. The average Bonchev–Trinajstić information content (AvgIpc) is 3.46. The number of aromatic nitrogens is 1. The Morgan fingerprint density at radius 1 is 0.939 bits per heavy atom. The third-order valence-corrected chi connectivity index (χ3v) is 8.49. The Morgan fingerprint density at radius 2 is 1.64 bits per heavy atom. The number of hydrogen-bond donors (Lipinski definition) is 1. The lowest BCUT2D eigenvalue weighted by Gasteiger charge is -2.30. The molecule has 0 saturated carbocycles. The van der Waals surface area contributed by atoms with Crippen molar-refractivity contribution in [3.8, 4) is 0 Å². The Hall–Kier alpha value is -3.10. The van der Waals surface area contributed by atoms with Gasteiger partial charge in [0.05, 0.1) is 16.3 Å². The number of rotatable bonds is 5. The largest absolute Gasteiger partial charge is 0.356 e. The van der Waals surface area contributed by atoms with Gasteiger partial charge in [-0.25, -0.2) is 8.42 Å².